The predicted molar refractivity (Wildman–Crippen MR) is 87.8 cm³/mol. The Morgan fingerprint density at radius 1 is 0.800 bits per heavy atom. The Labute approximate surface area is 126 Å². The lowest BCUT2D eigenvalue weighted by Crippen LogP contribution is -2.28. The minimum atomic E-state index is 0.155. The average Bonchev–Trinajstić information content (AvgIpc) is 2.46. The fraction of sp³-hybridized carbons (Fsp3) is 0.941. The maximum Gasteiger partial charge on any atom is 0.220 e. The van der Waals surface area contributed by atoms with Crippen LogP contribution in [-0.4, -0.2) is 19.0 Å². The Kier molecular flexibility index (Phi) is 16.0. The summed E-state index contributed by atoms with van der Waals surface area (Å²) in [4.78, 5) is 11.3. The van der Waals surface area contributed by atoms with Gasteiger partial charge in [-0.15, -0.1) is 0 Å². The number of nitrogens with one attached hydrogen (secondary N) is 1. The van der Waals surface area contributed by atoms with Gasteiger partial charge in [0.25, 0.3) is 0 Å². The number of unbranched alkanes of at least 4 members (excludes halogenated alkanes) is 11. The van der Waals surface area contributed by atoms with E-state index in [0.29, 0.717) is 19.5 Å². The molecule has 0 aliphatic heterocycles. The van der Waals surface area contributed by atoms with E-state index in [1.807, 2.05) is 0 Å². The second kappa shape index (κ2) is 16.5. The molecule has 0 saturated carbocycles. The third-order valence-corrected chi connectivity index (χ3v) is 3.72. The van der Waals surface area contributed by atoms with Gasteiger partial charge in [0, 0.05) is 19.5 Å². The van der Waals surface area contributed by atoms with Crippen molar-refractivity contribution in [2.24, 2.45) is 5.73 Å². The Balaban J connectivity index is 3.04. The monoisotopic (exact) mass is 284 g/mol. The highest BCUT2D eigenvalue weighted by Gasteiger charge is 1.99. The number of hydrogen-bond donors (Lipinski definition) is 2. The van der Waals surface area contributed by atoms with Crippen molar-refractivity contribution in [2.75, 3.05) is 13.1 Å². The van der Waals surface area contributed by atoms with Gasteiger partial charge in [0.2, 0.25) is 5.91 Å². The SMILES string of the molecule is CCCCCCCCCCCCCCC(=O)NCCN. The number of rotatable bonds is 15. The first-order valence-corrected chi connectivity index (χ1v) is 8.78. The molecule has 0 fully saturated rings. The molecule has 0 aromatic heterocycles. The first-order chi connectivity index (χ1) is 9.81. The highest BCUT2D eigenvalue weighted by Crippen LogP contribution is 2.12. The van der Waals surface area contributed by atoms with Gasteiger partial charge in [-0.2, -0.15) is 0 Å². The van der Waals surface area contributed by atoms with Crippen LogP contribution in [0.15, 0.2) is 0 Å². The summed E-state index contributed by atoms with van der Waals surface area (Å²) in [7, 11) is 0. The molecule has 120 valence electrons. The highest BCUT2D eigenvalue weighted by molar-refractivity contribution is 5.75. The lowest BCUT2D eigenvalue weighted by Gasteiger charge is -2.04. The van der Waals surface area contributed by atoms with Crippen LogP contribution in [0.1, 0.15) is 90.4 Å². The molecule has 0 aliphatic carbocycles. The zero-order valence-corrected chi connectivity index (χ0v) is 13.6. The van der Waals surface area contributed by atoms with Crippen molar-refractivity contribution in [3.8, 4) is 0 Å². The van der Waals surface area contributed by atoms with E-state index in [1.54, 1.807) is 0 Å². The van der Waals surface area contributed by atoms with Gasteiger partial charge in [-0.3, -0.25) is 4.79 Å². The first-order valence-electron chi connectivity index (χ1n) is 8.78. The van der Waals surface area contributed by atoms with Crippen molar-refractivity contribution in [3.63, 3.8) is 0 Å². The van der Waals surface area contributed by atoms with E-state index < -0.39 is 0 Å². The van der Waals surface area contributed by atoms with Gasteiger partial charge in [0.1, 0.15) is 0 Å². The summed E-state index contributed by atoms with van der Waals surface area (Å²) in [5, 5.41) is 2.81. The van der Waals surface area contributed by atoms with Gasteiger partial charge >= 0.3 is 0 Å². The smallest absolute Gasteiger partial charge is 0.220 e. The molecular formula is C17H36N2O. The molecule has 0 saturated heterocycles. The van der Waals surface area contributed by atoms with Crippen molar-refractivity contribution >= 4 is 5.91 Å². The molecule has 3 heteroatoms. The van der Waals surface area contributed by atoms with Crippen LogP contribution in [-0.2, 0) is 4.79 Å². The lowest BCUT2D eigenvalue weighted by atomic mass is 10.0. The maximum atomic E-state index is 11.3. The average molecular weight is 284 g/mol. The van der Waals surface area contributed by atoms with Gasteiger partial charge in [-0.1, -0.05) is 77.6 Å². The van der Waals surface area contributed by atoms with Crippen LogP contribution < -0.4 is 11.1 Å². The second-order valence-corrected chi connectivity index (χ2v) is 5.78. The number of carbonyl (C=O) groups is 1. The zero-order valence-electron chi connectivity index (χ0n) is 13.6. The van der Waals surface area contributed by atoms with Gasteiger partial charge in [-0.05, 0) is 6.42 Å². The normalized spacial score (nSPS) is 10.7. The molecule has 0 bridgehead atoms. The minimum absolute atomic E-state index is 0.155. The van der Waals surface area contributed by atoms with E-state index in [-0.39, 0.29) is 5.91 Å². The number of hydrogen-bond acceptors (Lipinski definition) is 2. The maximum absolute atomic E-state index is 11.3. The summed E-state index contributed by atoms with van der Waals surface area (Å²) in [5.74, 6) is 0.155. The van der Waals surface area contributed by atoms with Crippen LogP contribution in [0.25, 0.3) is 0 Å². The number of carbonyl (C=O) groups excluding carboxylic acids is 1. The molecule has 0 aromatic rings. The largest absolute Gasteiger partial charge is 0.355 e. The lowest BCUT2D eigenvalue weighted by molar-refractivity contribution is -0.121. The summed E-state index contributed by atoms with van der Waals surface area (Å²) in [5.41, 5.74) is 5.33. The van der Waals surface area contributed by atoms with E-state index in [9.17, 15) is 4.79 Å². The van der Waals surface area contributed by atoms with Crippen molar-refractivity contribution in [2.45, 2.75) is 90.4 Å². The quantitative estimate of drug-likeness (QED) is 0.444. The van der Waals surface area contributed by atoms with Crippen molar-refractivity contribution in [3.05, 3.63) is 0 Å². The van der Waals surface area contributed by atoms with E-state index in [0.717, 1.165) is 6.42 Å². The first kappa shape index (κ1) is 19.4. The molecule has 0 unspecified atom stereocenters. The second-order valence-electron chi connectivity index (χ2n) is 5.78. The van der Waals surface area contributed by atoms with Crippen molar-refractivity contribution in [1.82, 2.24) is 5.32 Å². The van der Waals surface area contributed by atoms with Crippen LogP contribution in [0.4, 0.5) is 0 Å². The molecule has 0 aromatic carbocycles. The zero-order chi connectivity index (χ0) is 14.9. The molecule has 0 heterocycles. The molecule has 0 aliphatic rings. The fourth-order valence-corrected chi connectivity index (χ4v) is 2.43. The van der Waals surface area contributed by atoms with Gasteiger partial charge in [-0.25, -0.2) is 0 Å². The summed E-state index contributed by atoms with van der Waals surface area (Å²) in [6, 6.07) is 0. The molecule has 0 radical (unpaired) electrons. The van der Waals surface area contributed by atoms with Crippen LogP contribution in [0.3, 0.4) is 0 Å². The molecule has 1 amide bonds. The van der Waals surface area contributed by atoms with Crippen LogP contribution in [0.2, 0.25) is 0 Å². The van der Waals surface area contributed by atoms with E-state index in [2.05, 4.69) is 12.2 Å². The van der Waals surface area contributed by atoms with Crippen molar-refractivity contribution in [1.29, 1.82) is 0 Å². The third-order valence-electron chi connectivity index (χ3n) is 3.72. The third kappa shape index (κ3) is 15.5. The van der Waals surface area contributed by atoms with Gasteiger partial charge < -0.3 is 11.1 Å². The Morgan fingerprint density at radius 2 is 1.25 bits per heavy atom. The van der Waals surface area contributed by atoms with E-state index in [4.69, 9.17) is 5.73 Å². The minimum Gasteiger partial charge on any atom is -0.355 e. The highest BCUT2D eigenvalue weighted by atomic mass is 16.1. The Bertz CT molecular complexity index is 207. The Morgan fingerprint density at radius 3 is 1.70 bits per heavy atom. The summed E-state index contributed by atoms with van der Waals surface area (Å²) >= 11 is 0. The molecule has 20 heavy (non-hydrogen) atoms. The molecule has 0 spiro atoms. The van der Waals surface area contributed by atoms with Crippen LogP contribution >= 0.6 is 0 Å². The summed E-state index contributed by atoms with van der Waals surface area (Å²) in [6.07, 6.45) is 16.6. The molecular weight excluding hydrogens is 248 g/mol. The topological polar surface area (TPSA) is 55.1 Å². The molecule has 3 N–H and O–H groups in total. The van der Waals surface area contributed by atoms with Crippen molar-refractivity contribution < 1.29 is 4.79 Å². The summed E-state index contributed by atoms with van der Waals surface area (Å²) < 4.78 is 0. The number of amides is 1. The van der Waals surface area contributed by atoms with E-state index >= 15 is 0 Å². The van der Waals surface area contributed by atoms with Gasteiger partial charge in [0.15, 0.2) is 0 Å². The van der Waals surface area contributed by atoms with Crippen LogP contribution in [0, 0.1) is 0 Å². The summed E-state index contributed by atoms with van der Waals surface area (Å²) in [6.45, 7) is 3.41. The fourth-order valence-electron chi connectivity index (χ4n) is 2.43. The standard InChI is InChI=1S/C17H36N2O/c1-2-3-4-5-6-7-8-9-10-11-12-13-14-17(20)19-16-15-18/h2-16,18H2,1H3,(H,19,20). The molecule has 0 rings (SSSR count). The van der Waals surface area contributed by atoms with Gasteiger partial charge in [0.05, 0.1) is 0 Å². The number of nitrogens with two attached hydrogens (primary N) is 1. The molecule has 0 atom stereocenters. The van der Waals surface area contributed by atoms with Crippen LogP contribution in [0.5, 0.6) is 0 Å². The predicted octanol–water partition coefficient (Wildman–Crippen LogP) is 4.15. The molecule has 3 nitrogen and oxygen atoms in total. The van der Waals surface area contributed by atoms with E-state index in [1.165, 1.54) is 70.6 Å². The Hall–Kier alpha value is -0.570.